The van der Waals surface area contributed by atoms with Crippen molar-refractivity contribution in [1.82, 2.24) is 5.32 Å². The first kappa shape index (κ1) is 22.7. The van der Waals surface area contributed by atoms with Gasteiger partial charge in [0.15, 0.2) is 0 Å². The summed E-state index contributed by atoms with van der Waals surface area (Å²) in [7, 11) is -3.63. The molecule has 0 saturated carbocycles. The Bertz CT molecular complexity index is 986. The molecule has 158 valence electrons. The van der Waals surface area contributed by atoms with Crippen molar-refractivity contribution in [3.05, 3.63) is 58.7 Å². The minimum absolute atomic E-state index is 0.279. The number of anilines is 1. The van der Waals surface area contributed by atoms with Crippen molar-refractivity contribution in [3.8, 4) is 5.75 Å². The molecule has 2 aromatic carbocycles. The van der Waals surface area contributed by atoms with Gasteiger partial charge in [-0.15, -0.1) is 0 Å². The molecule has 1 atom stereocenters. The van der Waals surface area contributed by atoms with Gasteiger partial charge >= 0.3 is 0 Å². The van der Waals surface area contributed by atoms with Crippen LogP contribution >= 0.6 is 0 Å². The van der Waals surface area contributed by atoms with Crippen molar-refractivity contribution >= 4 is 21.6 Å². The lowest BCUT2D eigenvalue weighted by atomic mass is 10.1. The van der Waals surface area contributed by atoms with Gasteiger partial charge in [-0.2, -0.15) is 0 Å². The Hall–Kier alpha value is -2.54. The van der Waals surface area contributed by atoms with E-state index in [9.17, 15) is 13.2 Å². The zero-order chi connectivity index (χ0) is 21.8. The number of nitrogens with zero attached hydrogens (tertiary/aromatic N) is 1. The summed E-state index contributed by atoms with van der Waals surface area (Å²) in [5.41, 5.74) is 4.70. The first-order valence-corrected chi connectivity index (χ1v) is 11.4. The van der Waals surface area contributed by atoms with Gasteiger partial charge in [0.05, 0.1) is 18.5 Å². The van der Waals surface area contributed by atoms with E-state index in [0.29, 0.717) is 12.3 Å². The minimum atomic E-state index is -3.63. The molecule has 0 aromatic heterocycles. The Morgan fingerprint density at radius 2 is 1.76 bits per heavy atom. The summed E-state index contributed by atoms with van der Waals surface area (Å²) in [4.78, 5) is 12.6. The number of carbonyl (C=O) groups excluding carboxylic acids is 1. The smallest absolute Gasteiger partial charge is 0.243 e. The quantitative estimate of drug-likeness (QED) is 0.668. The van der Waals surface area contributed by atoms with Gasteiger partial charge in [-0.3, -0.25) is 9.10 Å². The van der Waals surface area contributed by atoms with Crippen LogP contribution in [0.25, 0.3) is 0 Å². The fourth-order valence-corrected chi connectivity index (χ4v) is 4.20. The first-order valence-electron chi connectivity index (χ1n) is 9.55. The van der Waals surface area contributed by atoms with Crippen LogP contribution in [0.2, 0.25) is 0 Å². The van der Waals surface area contributed by atoms with Crippen molar-refractivity contribution in [2.75, 3.05) is 23.7 Å². The van der Waals surface area contributed by atoms with Crippen LogP contribution in [0.15, 0.2) is 36.4 Å². The molecule has 0 aliphatic carbocycles. The van der Waals surface area contributed by atoms with Gasteiger partial charge in [0.2, 0.25) is 15.9 Å². The third kappa shape index (κ3) is 5.73. The Labute approximate surface area is 173 Å². The predicted octanol–water partition coefficient (Wildman–Crippen LogP) is 3.27. The number of hydrogen-bond donors (Lipinski definition) is 1. The number of hydrogen-bond acceptors (Lipinski definition) is 4. The van der Waals surface area contributed by atoms with Gasteiger partial charge < -0.3 is 10.1 Å². The molecule has 0 fully saturated rings. The van der Waals surface area contributed by atoms with E-state index in [1.807, 2.05) is 52.0 Å². The molecule has 1 amide bonds. The van der Waals surface area contributed by atoms with E-state index in [4.69, 9.17) is 4.74 Å². The normalized spacial score (nSPS) is 12.3. The lowest BCUT2D eigenvalue weighted by Crippen LogP contribution is -2.48. The second kappa shape index (κ2) is 9.31. The molecule has 29 heavy (non-hydrogen) atoms. The molecule has 1 N–H and O–H groups in total. The molecule has 0 aliphatic rings. The Morgan fingerprint density at radius 1 is 1.07 bits per heavy atom. The molecule has 2 rings (SSSR count). The maximum absolute atomic E-state index is 12.6. The molecule has 0 saturated heterocycles. The average Bonchev–Trinajstić information content (AvgIpc) is 2.63. The highest BCUT2D eigenvalue weighted by atomic mass is 32.2. The predicted molar refractivity (Wildman–Crippen MR) is 117 cm³/mol. The summed E-state index contributed by atoms with van der Waals surface area (Å²) in [6.07, 6.45) is 1.11. The Kier molecular flexibility index (Phi) is 7.30. The van der Waals surface area contributed by atoms with Gasteiger partial charge in [-0.05, 0) is 75.1 Å². The van der Waals surface area contributed by atoms with Crippen molar-refractivity contribution in [2.24, 2.45) is 0 Å². The molecular formula is C22H30N2O4S. The van der Waals surface area contributed by atoms with Crippen LogP contribution in [-0.4, -0.2) is 39.8 Å². The summed E-state index contributed by atoms with van der Waals surface area (Å²) < 4.78 is 31.7. The number of nitrogens with one attached hydrogen (secondary N) is 1. The van der Waals surface area contributed by atoms with Gasteiger partial charge in [-0.1, -0.05) is 18.2 Å². The van der Waals surface area contributed by atoms with Crippen molar-refractivity contribution < 1.29 is 17.9 Å². The van der Waals surface area contributed by atoms with Crippen LogP contribution in [0.3, 0.4) is 0 Å². The number of rotatable bonds is 8. The summed E-state index contributed by atoms with van der Waals surface area (Å²) in [6.45, 7) is 10.0. The highest BCUT2D eigenvalue weighted by molar-refractivity contribution is 7.92. The molecular weight excluding hydrogens is 388 g/mol. The van der Waals surface area contributed by atoms with Crippen LogP contribution < -0.4 is 14.4 Å². The molecule has 0 radical (unpaired) electrons. The maximum atomic E-state index is 12.6. The van der Waals surface area contributed by atoms with Gasteiger partial charge in [-0.25, -0.2) is 8.42 Å². The Balaban J connectivity index is 2.03. The molecule has 0 spiro atoms. The number of aryl methyl sites for hydroxylation is 3. The summed E-state index contributed by atoms with van der Waals surface area (Å²) in [5, 5.41) is 2.77. The van der Waals surface area contributed by atoms with E-state index in [-0.39, 0.29) is 12.5 Å². The van der Waals surface area contributed by atoms with E-state index >= 15 is 0 Å². The summed E-state index contributed by atoms with van der Waals surface area (Å²) in [6, 6.07) is 10.3. The van der Waals surface area contributed by atoms with Crippen molar-refractivity contribution in [2.45, 2.75) is 40.7 Å². The lowest BCUT2D eigenvalue weighted by molar-refractivity contribution is -0.121. The van der Waals surface area contributed by atoms with E-state index in [1.54, 1.807) is 19.1 Å². The molecule has 0 bridgehead atoms. The molecule has 6 nitrogen and oxygen atoms in total. The summed E-state index contributed by atoms with van der Waals surface area (Å²) >= 11 is 0. The van der Waals surface area contributed by atoms with Crippen LogP contribution in [0, 0.1) is 27.7 Å². The topological polar surface area (TPSA) is 75.7 Å². The summed E-state index contributed by atoms with van der Waals surface area (Å²) in [5.74, 6) is 0.401. The van der Waals surface area contributed by atoms with Crippen LogP contribution in [-0.2, 0) is 14.8 Å². The second-order valence-electron chi connectivity index (χ2n) is 7.34. The zero-order valence-corrected chi connectivity index (χ0v) is 18.8. The Morgan fingerprint density at radius 3 is 2.38 bits per heavy atom. The number of benzene rings is 2. The van der Waals surface area contributed by atoms with Gasteiger partial charge in [0, 0.05) is 0 Å². The maximum Gasteiger partial charge on any atom is 0.243 e. The number of sulfonamides is 1. The zero-order valence-electron chi connectivity index (χ0n) is 17.9. The van der Waals surface area contributed by atoms with Gasteiger partial charge in [0.1, 0.15) is 18.4 Å². The second-order valence-corrected chi connectivity index (χ2v) is 9.20. The third-order valence-corrected chi connectivity index (χ3v) is 6.29. The fourth-order valence-electron chi connectivity index (χ4n) is 3.03. The van der Waals surface area contributed by atoms with Crippen molar-refractivity contribution in [3.63, 3.8) is 0 Å². The number of carbonyl (C=O) groups is 1. The monoisotopic (exact) mass is 418 g/mol. The van der Waals surface area contributed by atoms with Gasteiger partial charge in [0.25, 0.3) is 0 Å². The largest absolute Gasteiger partial charge is 0.491 e. The fraction of sp³-hybridized carbons (Fsp3) is 0.409. The molecule has 7 heteroatoms. The highest BCUT2D eigenvalue weighted by Gasteiger charge is 2.29. The number of ether oxygens (including phenoxy) is 1. The van der Waals surface area contributed by atoms with E-state index < -0.39 is 16.1 Å². The average molecular weight is 419 g/mol. The molecule has 0 heterocycles. The highest BCUT2D eigenvalue weighted by Crippen LogP contribution is 2.24. The van der Waals surface area contributed by atoms with E-state index in [0.717, 1.165) is 38.6 Å². The van der Waals surface area contributed by atoms with E-state index in [2.05, 4.69) is 5.32 Å². The van der Waals surface area contributed by atoms with Crippen LogP contribution in [0.5, 0.6) is 5.75 Å². The van der Waals surface area contributed by atoms with Crippen molar-refractivity contribution in [1.29, 1.82) is 0 Å². The standard InChI is InChI=1S/C22H30N2O4S/c1-15-10-11-20(14-17(15)3)24(29(6,26)27)19(5)22(25)23-12-13-28-21-9-7-8-16(2)18(21)4/h7-11,14,19H,12-13H2,1-6H3,(H,23,25). The first-order chi connectivity index (χ1) is 13.5. The number of amides is 1. The molecule has 1 unspecified atom stereocenters. The van der Waals surface area contributed by atoms with Crippen LogP contribution in [0.4, 0.5) is 5.69 Å². The molecule has 0 aliphatic heterocycles. The van der Waals surface area contributed by atoms with Crippen LogP contribution in [0.1, 0.15) is 29.2 Å². The molecule has 2 aromatic rings. The third-order valence-electron chi connectivity index (χ3n) is 5.05. The SMILES string of the molecule is Cc1ccc(N(C(C)C(=O)NCCOc2cccc(C)c2C)S(C)(=O)=O)cc1C. The minimum Gasteiger partial charge on any atom is -0.491 e. The lowest BCUT2D eigenvalue weighted by Gasteiger charge is -2.28. The van der Waals surface area contributed by atoms with E-state index in [1.165, 1.54) is 0 Å².